The number of ether oxygens (including phenoxy) is 6. The second-order valence-corrected chi connectivity index (χ2v) is 10.8. The fourth-order valence-corrected chi connectivity index (χ4v) is 3.53. The zero-order valence-electron chi connectivity index (χ0n) is 21.2. The predicted octanol–water partition coefficient (Wildman–Crippen LogP) is 6.45. The van der Waals surface area contributed by atoms with Gasteiger partial charge in [0.25, 0.3) is 3.79 Å². The molecule has 1 aliphatic heterocycles. The number of unbranched alkanes of at least 4 members (excludes halogenated alkanes) is 4. The molecule has 0 spiro atoms. The van der Waals surface area contributed by atoms with Crippen LogP contribution in [0.2, 0.25) is 0 Å². The molecule has 1 N–H and O–H groups in total. The smallest absolute Gasteiger partial charge is 0.265 e. The molecule has 0 amide bonds. The summed E-state index contributed by atoms with van der Waals surface area (Å²) in [7, 11) is 0. The molecule has 0 bridgehead atoms. The van der Waals surface area contributed by atoms with Crippen molar-refractivity contribution in [2.24, 2.45) is 0 Å². The minimum absolute atomic E-state index is 0.299. The van der Waals surface area contributed by atoms with Gasteiger partial charge >= 0.3 is 0 Å². The van der Waals surface area contributed by atoms with Crippen molar-refractivity contribution >= 4 is 40.7 Å². The minimum atomic E-state index is -2.02. The SMILES string of the molecule is CCCCOCC1O[C@@H](OC(=N)C(Cl)(Cl)Cl)C(OCCCC)C(OCCCC)[C@H]1OCCCC. The molecule has 0 radical (unpaired) electrons. The van der Waals surface area contributed by atoms with E-state index in [0.717, 1.165) is 51.4 Å². The van der Waals surface area contributed by atoms with Gasteiger partial charge in [-0.2, -0.15) is 0 Å². The molecule has 5 atom stereocenters. The number of hydrogen-bond donors (Lipinski definition) is 1. The molecule has 0 aromatic heterocycles. The van der Waals surface area contributed by atoms with E-state index in [-0.39, 0.29) is 0 Å². The second kappa shape index (κ2) is 18.4. The lowest BCUT2D eigenvalue weighted by Crippen LogP contribution is -2.62. The van der Waals surface area contributed by atoms with Gasteiger partial charge in [0.15, 0.2) is 0 Å². The molecule has 1 saturated heterocycles. The summed E-state index contributed by atoms with van der Waals surface area (Å²) in [4.78, 5) is 0. The average molecular weight is 549 g/mol. The van der Waals surface area contributed by atoms with Gasteiger partial charge < -0.3 is 28.4 Å². The van der Waals surface area contributed by atoms with Crippen LogP contribution in [0.5, 0.6) is 0 Å². The van der Waals surface area contributed by atoms with Crippen molar-refractivity contribution in [1.29, 1.82) is 5.41 Å². The van der Waals surface area contributed by atoms with Gasteiger partial charge in [0.2, 0.25) is 12.2 Å². The summed E-state index contributed by atoms with van der Waals surface area (Å²) in [6.45, 7) is 10.9. The molecule has 7 nitrogen and oxygen atoms in total. The Balaban J connectivity index is 3.19. The van der Waals surface area contributed by atoms with Crippen LogP contribution in [0.1, 0.15) is 79.1 Å². The summed E-state index contributed by atoms with van der Waals surface area (Å²) in [5, 5.41) is 8.10. The molecule has 1 aliphatic rings. The predicted molar refractivity (Wildman–Crippen MR) is 137 cm³/mol. The molecule has 0 aliphatic carbocycles. The third-order valence-corrected chi connectivity index (χ3v) is 5.95. The maximum Gasteiger partial charge on any atom is 0.265 e. The highest BCUT2D eigenvalue weighted by Crippen LogP contribution is 2.33. The molecule has 0 aromatic carbocycles. The summed E-state index contributed by atoms with van der Waals surface area (Å²) in [6.07, 6.45) is 4.57. The van der Waals surface area contributed by atoms with Gasteiger partial charge in [0, 0.05) is 26.4 Å². The van der Waals surface area contributed by atoms with Crippen LogP contribution < -0.4 is 0 Å². The minimum Gasteiger partial charge on any atom is -0.445 e. The number of halogens is 3. The highest BCUT2D eigenvalue weighted by atomic mass is 35.6. The standard InChI is InChI=1S/C24H44Cl3NO6/c1-5-9-13-29-17-18-19(30-14-10-6-2)20(31-15-11-7-3)21(32-16-12-8-4)22(33-18)34-23(28)24(25,26)27/h18-22,28H,5-17H2,1-4H3/t18?,19-,20?,21?,22-/m0/s1. The average Bonchev–Trinajstić information content (AvgIpc) is 2.79. The van der Waals surface area contributed by atoms with E-state index in [1.165, 1.54) is 0 Å². The first-order valence-corrected chi connectivity index (χ1v) is 13.8. The molecular weight excluding hydrogens is 505 g/mol. The van der Waals surface area contributed by atoms with Crippen molar-refractivity contribution in [2.75, 3.05) is 33.0 Å². The molecule has 0 aromatic rings. The summed E-state index contributed by atoms with van der Waals surface area (Å²) in [5.41, 5.74) is 0. The highest BCUT2D eigenvalue weighted by Gasteiger charge is 2.50. The van der Waals surface area contributed by atoms with E-state index in [2.05, 4.69) is 27.7 Å². The second-order valence-electron chi connectivity index (χ2n) is 8.48. The van der Waals surface area contributed by atoms with Crippen LogP contribution in [0.15, 0.2) is 0 Å². The maximum absolute atomic E-state index is 8.10. The molecule has 1 fully saturated rings. The lowest BCUT2D eigenvalue weighted by atomic mass is 9.98. The first-order valence-electron chi connectivity index (χ1n) is 12.7. The lowest BCUT2D eigenvalue weighted by Gasteiger charge is -2.46. The Labute approximate surface area is 220 Å². The van der Waals surface area contributed by atoms with Crippen molar-refractivity contribution in [3.05, 3.63) is 0 Å². The molecule has 34 heavy (non-hydrogen) atoms. The lowest BCUT2D eigenvalue weighted by molar-refractivity contribution is -0.308. The fraction of sp³-hybridized carbons (Fsp3) is 0.958. The first kappa shape index (κ1) is 32.2. The maximum atomic E-state index is 8.10. The molecule has 1 rings (SSSR count). The van der Waals surface area contributed by atoms with Crippen LogP contribution in [0, 0.1) is 5.41 Å². The van der Waals surface area contributed by atoms with Gasteiger partial charge in [-0.05, 0) is 25.7 Å². The van der Waals surface area contributed by atoms with Crippen LogP contribution >= 0.6 is 34.8 Å². The summed E-state index contributed by atoms with van der Waals surface area (Å²) < 4.78 is 34.7. The Morgan fingerprint density at radius 3 is 1.71 bits per heavy atom. The van der Waals surface area contributed by atoms with E-state index < -0.39 is 40.4 Å². The highest BCUT2D eigenvalue weighted by molar-refractivity contribution is 6.76. The zero-order chi connectivity index (χ0) is 25.4. The largest absolute Gasteiger partial charge is 0.445 e. The molecule has 202 valence electrons. The fourth-order valence-electron chi connectivity index (χ4n) is 3.39. The summed E-state index contributed by atoms with van der Waals surface area (Å²) >= 11 is 17.7. The number of nitrogens with one attached hydrogen (secondary N) is 1. The molecule has 1 heterocycles. The summed E-state index contributed by atoms with van der Waals surface area (Å²) in [6, 6.07) is 0. The van der Waals surface area contributed by atoms with Crippen LogP contribution in [0.4, 0.5) is 0 Å². The Hall–Kier alpha value is 0.140. The molecule has 0 saturated carbocycles. The van der Waals surface area contributed by atoms with E-state index in [4.69, 9.17) is 68.6 Å². The van der Waals surface area contributed by atoms with Crippen LogP contribution in [0.3, 0.4) is 0 Å². The van der Waals surface area contributed by atoms with Gasteiger partial charge in [0.05, 0.1) is 6.61 Å². The third-order valence-electron chi connectivity index (χ3n) is 5.43. The normalized spacial score (nSPS) is 25.4. The number of rotatable bonds is 18. The van der Waals surface area contributed by atoms with Gasteiger partial charge in [-0.1, -0.05) is 88.2 Å². The Kier molecular flexibility index (Phi) is 17.4. The van der Waals surface area contributed by atoms with Crippen LogP contribution in [-0.2, 0) is 28.4 Å². The third kappa shape index (κ3) is 11.9. The van der Waals surface area contributed by atoms with Crippen molar-refractivity contribution in [3.63, 3.8) is 0 Å². The quantitative estimate of drug-likeness (QED) is 0.0918. The Morgan fingerprint density at radius 2 is 1.21 bits per heavy atom. The number of hydrogen-bond acceptors (Lipinski definition) is 7. The Morgan fingerprint density at radius 1 is 0.735 bits per heavy atom. The van der Waals surface area contributed by atoms with Crippen molar-refractivity contribution in [2.45, 2.75) is 114 Å². The summed E-state index contributed by atoms with van der Waals surface area (Å²) in [5.74, 6) is -0.532. The van der Waals surface area contributed by atoms with E-state index in [0.29, 0.717) is 33.0 Å². The van der Waals surface area contributed by atoms with E-state index in [9.17, 15) is 0 Å². The first-order chi connectivity index (χ1) is 16.3. The molecular formula is C24H44Cl3NO6. The van der Waals surface area contributed by atoms with Gasteiger partial charge in [0.1, 0.15) is 24.4 Å². The number of alkyl halides is 3. The van der Waals surface area contributed by atoms with Crippen LogP contribution in [-0.4, -0.2) is 73.4 Å². The Bertz CT molecular complexity index is 537. The van der Waals surface area contributed by atoms with E-state index in [1.807, 2.05) is 0 Å². The monoisotopic (exact) mass is 547 g/mol. The molecule has 3 unspecified atom stereocenters. The van der Waals surface area contributed by atoms with Gasteiger partial charge in [-0.3, -0.25) is 5.41 Å². The van der Waals surface area contributed by atoms with Crippen molar-refractivity contribution in [1.82, 2.24) is 0 Å². The molecule has 10 heteroatoms. The van der Waals surface area contributed by atoms with E-state index in [1.54, 1.807) is 0 Å². The topological polar surface area (TPSA) is 79.2 Å². The van der Waals surface area contributed by atoms with Crippen LogP contribution in [0.25, 0.3) is 0 Å². The zero-order valence-corrected chi connectivity index (χ0v) is 23.4. The van der Waals surface area contributed by atoms with Crippen molar-refractivity contribution in [3.8, 4) is 0 Å². The van der Waals surface area contributed by atoms with Gasteiger partial charge in [-0.25, -0.2) is 0 Å². The van der Waals surface area contributed by atoms with E-state index >= 15 is 0 Å². The van der Waals surface area contributed by atoms with Crippen molar-refractivity contribution < 1.29 is 28.4 Å². The van der Waals surface area contributed by atoms with Gasteiger partial charge in [-0.15, -0.1) is 0 Å².